The van der Waals surface area contributed by atoms with Gasteiger partial charge in [-0.15, -0.1) is 0 Å². The summed E-state index contributed by atoms with van der Waals surface area (Å²) in [4.78, 5) is 27.2. The van der Waals surface area contributed by atoms with Gasteiger partial charge in [-0.05, 0) is 61.0 Å². The molecule has 2 N–H and O–H groups in total. The van der Waals surface area contributed by atoms with E-state index >= 15 is 0 Å². The molecule has 34 heavy (non-hydrogen) atoms. The van der Waals surface area contributed by atoms with Gasteiger partial charge in [0, 0.05) is 15.5 Å². The third-order valence-corrected chi connectivity index (χ3v) is 6.06. The highest BCUT2D eigenvalue weighted by Crippen LogP contribution is 2.33. The van der Waals surface area contributed by atoms with Crippen LogP contribution < -0.4 is 15.4 Å². The minimum atomic E-state index is -0.450. The van der Waals surface area contributed by atoms with Crippen molar-refractivity contribution >= 4 is 35.0 Å². The molecule has 0 aromatic heterocycles. The maximum atomic E-state index is 12.6. The van der Waals surface area contributed by atoms with Crippen molar-refractivity contribution in [3.8, 4) is 5.75 Å². The molecule has 0 radical (unpaired) electrons. The maximum Gasteiger partial charge on any atom is 0.343 e. The van der Waals surface area contributed by atoms with Crippen LogP contribution in [0, 0.1) is 6.92 Å². The van der Waals surface area contributed by atoms with Crippen LogP contribution in [0.2, 0.25) is 0 Å². The van der Waals surface area contributed by atoms with E-state index in [4.69, 9.17) is 4.74 Å². The Morgan fingerprint density at radius 3 is 2.38 bits per heavy atom. The van der Waals surface area contributed by atoms with Gasteiger partial charge in [-0.1, -0.05) is 66.4 Å². The Balaban J connectivity index is 1.36. The van der Waals surface area contributed by atoms with Gasteiger partial charge in [-0.25, -0.2) is 4.79 Å². The van der Waals surface area contributed by atoms with Crippen LogP contribution >= 0.6 is 11.8 Å². The number of para-hydroxylation sites is 2. The number of hydrogen-bond donors (Lipinski definition) is 2. The molecule has 0 aliphatic rings. The van der Waals surface area contributed by atoms with Crippen molar-refractivity contribution in [2.24, 2.45) is 0 Å². The lowest BCUT2D eigenvalue weighted by molar-refractivity contribution is -0.114. The Morgan fingerprint density at radius 1 is 0.824 bits per heavy atom. The summed E-state index contributed by atoms with van der Waals surface area (Å²) < 4.78 is 5.50. The summed E-state index contributed by atoms with van der Waals surface area (Å²) in [7, 11) is 0. The molecule has 0 unspecified atom stereocenters. The molecule has 0 fully saturated rings. The predicted molar refractivity (Wildman–Crippen MR) is 137 cm³/mol. The summed E-state index contributed by atoms with van der Waals surface area (Å²) in [6.07, 6.45) is 0. The zero-order chi connectivity index (χ0) is 23.8. The van der Waals surface area contributed by atoms with Crippen LogP contribution in [0.3, 0.4) is 0 Å². The predicted octanol–water partition coefficient (Wildman–Crippen LogP) is 6.42. The van der Waals surface area contributed by atoms with Crippen LogP contribution in [0.4, 0.5) is 11.4 Å². The van der Waals surface area contributed by atoms with Crippen molar-refractivity contribution in [1.82, 2.24) is 0 Å². The highest BCUT2D eigenvalue weighted by Gasteiger charge is 2.12. The van der Waals surface area contributed by atoms with Gasteiger partial charge in [0.15, 0.2) is 0 Å². The van der Waals surface area contributed by atoms with Crippen molar-refractivity contribution in [2.45, 2.75) is 16.7 Å². The number of carbonyl (C=O) groups excluding carboxylic acids is 2. The molecular formula is C28H24N2O3S. The van der Waals surface area contributed by atoms with E-state index in [1.54, 1.807) is 42.1 Å². The van der Waals surface area contributed by atoms with Crippen LogP contribution in [0.25, 0.3) is 0 Å². The van der Waals surface area contributed by atoms with Crippen molar-refractivity contribution in [3.63, 3.8) is 0 Å². The molecular weight excluding hydrogens is 444 g/mol. The fourth-order valence-electron chi connectivity index (χ4n) is 3.24. The standard InChI is InChI=1S/C28H24N2O3S/c1-20-10-5-7-16-25(20)33-28(32)21-11-9-12-22(18-21)29-19-27(31)30-24-15-6-8-17-26(24)34-23-13-3-2-4-14-23/h2-18,29H,19H2,1H3,(H,30,31). The second-order valence-corrected chi connectivity index (χ2v) is 8.66. The largest absolute Gasteiger partial charge is 0.423 e. The van der Waals surface area contributed by atoms with Gasteiger partial charge in [0.25, 0.3) is 0 Å². The number of rotatable bonds is 8. The zero-order valence-electron chi connectivity index (χ0n) is 18.7. The van der Waals surface area contributed by atoms with E-state index in [1.807, 2.05) is 79.7 Å². The van der Waals surface area contributed by atoms with Crippen LogP contribution in [0.1, 0.15) is 15.9 Å². The monoisotopic (exact) mass is 468 g/mol. The highest BCUT2D eigenvalue weighted by molar-refractivity contribution is 7.99. The molecule has 0 spiro atoms. The van der Waals surface area contributed by atoms with Crippen LogP contribution in [0.15, 0.2) is 113 Å². The lowest BCUT2D eigenvalue weighted by atomic mass is 10.2. The first kappa shape index (κ1) is 23.1. The number of anilines is 2. The smallest absolute Gasteiger partial charge is 0.343 e. The molecule has 0 heterocycles. The average Bonchev–Trinajstić information content (AvgIpc) is 2.86. The number of benzene rings is 4. The third kappa shape index (κ3) is 6.27. The number of amides is 1. The van der Waals surface area contributed by atoms with Crippen LogP contribution in [-0.2, 0) is 4.79 Å². The zero-order valence-corrected chi connectivity index (χ0v) is 19.5. The molecule has 5 nitrogen and oxygen atoms in total. The lowest BCUT2D eigenvalue weighted by Crippen LogP contribution is -2.22. The van der Waals surface area contributed by atoms with E-state index < -0.39 is 5.97 Å². The number of hydrogen-bond acceptors (Lipinski definition) is 5. The number of nitrogens with one attached hydrogen (secondary N) is 2. The molecule has 1 amide bonds. The van der Waals surface area contributed by atoms with E-state index in [0.717, 1.165) is 21.0 Å². The molecule has 0 saturated carbocycles. The number of esters is 1. The highest BCUT2D eigenvalue weighted by atomic mass is 32.2. The normalized spacial score (nSPS) is 10.4. The first-order valence-electron chi connectivity index (χ1n) is 10.8. The molecule has 4 rings (SSSR count). The minimum absolute atomic E-state index is 0.0562. The van der Waals surface area contributed by atoms with Crippen molar-refractivity contribution in [1.29, 1.82) is 0 Å². The Morgan fingerprint density at radius 2 is 1.56 bits per heavy atom. The Bertz CT molecular complexity index is 1290. The van der Waals surface area contributed by atoms with Crippen molar-refractivity contribution in [2.75, 3.05) is 17.2 Å². The van der Waals surface area contributed by atoms with Gasteiger partial charge in [0.05, 0.1) is 17.8 Å². The summed E-state index contributed by atoms with van der Waals surface area (Å²) in [5.74, 6) is -0.111. The molecule has 0 aliphatic carbocycles. The molecule has 170 valence electrons. The van der Waals surface area contributed by atoms with Gasteiger partial charge in [-0.2, -0.15) is 0 Å². The van der Waals surface area contributed by atoms with Crippen LogP contribution in [0.5, 0.6) is 5.75 Å². The van der Waals surface area contributed by atoms with Crippen LogP contribution in [-0.4, -0.2) is 18.4 Å². The Hall–Kier alpha value is -4.03. The average molecular weight is 469 g/mol. The fraction of sp³-hybridized carbons (Fsp3) is 0.0714. The van der Waals surface area contributed by atoms with E-state index in [-0.39, 0.29) is 12.5 Å². The van der Waals surface area contributed by atoms with E-state index in [2.05, 4.69) is 10.6 Å². The summed E-state index contributed by atoms with van der Waals surface area (Å²) in [6.45, 7) is 1.94. The molecule has 0 atom stereocenters. The number of carbonyl (C=O) groups is 2. The first-order chi connectivity index (χ1) is 16.6. The van der Waals surface area contributed by atoms with Gasteiger partial charge >= 0.3 is 5.97 Å². The molecule has 0 bridgehead atoms. The van der Waals surface area contributed by atoms with Gasteiger partial charge in [0.1, 0.15) is 5.75 Å². The van der Waals surface area contributed by atoms with Gasteiger partial charge < -0.3 is 15.4 Å². The molecule has 4 aromatic carbocycles. The van der Waals surface area contributed by atoms with E-state index in [9.17, 15) is 9.59 Å². The second kappa shape index (κ2) is 11.2. The first-order valence-corrected chi connectivity index (χ1v) is 11.6. The molecule has 0 aliphatic heterocycles. The van der Waals surface area contributed by atoms with E-state index in [1.165, 1.54) is 0 Å². The SMILES string of the molecule is Cc1ccccc1OC(=O)c1cccc(NCC(=O)Nc2ccccc2Sc2ccccc2)c1. The topological polar surface area (TPSA) is 67.4 Å². The van der Waals surface area contributed by atoms with E-state index in [0.29, 0.717) is 17.0 Å². The van der Waals surface area contributed by atoms with Gasteiger partial charge in [0.2, 0.25) is 5.91 Å². The summed E-state index contributed by atoms with van der Waals surface area (Å²) in [5.41, 5.74) is 2.69. The number of ether oxygens (including phenoxy) is 1. The summed E-state index contributed by atoms with van der Waals surface area (Å²) in [5, 5.41) is 6.04. The third-order valence-electron chi connectivity index (χ3n) is 4.98. The second-order valence-electron chi connectivity index (χ2n) is 7.55. The minimum Gasteiger partial charge on any atom is -0.423 e. The molecule has 0 saturated heterocycles. The molecule has 6 heteroatoms. The van der Waals surface area contributed by atoms with Crippen molar-refractivity contribution in [3.05, 3.63) is 114 Å². The molecule has 4 aromatic rings. The quantitative estimate of drug-likeness (QED) is 0.231. The summed E-state index contributed by atoms with van der Waals surface area (Å²) in [6, 6.07) is 32.0. The maximum absolute atomic E-state index is 12.6. The lowest BCUT2D eigenvalue weighted by Gasteiger charge is -2.12. The van der Waals surface area contributed by atoms with Crippen molar-refractivity contribution < 1.29 is 14.3 Å². The number of aryl methyl sites for hydroxylation is 1. The Kier molecular flexibility index (Phi) is 7.63. The fourth-order valence-corrected chi connectivity index (χ4v) is 4.16. The Labute approximate surface area is 203 Å². The van der Waals surface area contributed by atoms with Gasteiger partial charge in [-0.3, -0.25) is 4.79 Å². The summed E-state index contributed by atoms with van der Waals surface area (Å²) >= 11 is 1.59.